The number of anilines is 4. The Bertz CT molecular complexity index is 979. The van der Waals surface area contributed by atoms with Crippen molar-refractivity contribution in [2.45, 2.75) is 20.0 Å². The summed E-state index contributed by atoms with van der Waals surface area (Å²) in [5.41, 5.74) is 0.000454. The van der Waals surface area contributed by atoms with Crippen molar-refractivity contribution in [1.29, 1.82) is 0 Å². The van der Waals surface area contributed by atoms with Crippen molar-refractivity contribution in [3.8, 4) is 11.5 Å². The first-order valence-corrected chi connectivity index (χ1v) is 9.33. The minimum absolute atomic E-state index is 0.0172. The molecule has 3 rings (SSSR count). The third kappa shape index (κ3) is 5.31. The van der Waals surface area contributed by atoms with E-state index in [2.05, 4.69) is 20.6 Å². The van der Waals surface area contributed by atoms with Crippen LogP contribution in [-0.2, 0) is 6.18 Å². The highest BCUT2D eigenvalue weighted by molar-refractivity contribution is 5.67. The highest BCUT2D eigenvalue weighted by atomic mass is 19.4. The Morgan fingerprint density at radius 3 is 2.27 bits per heavy atom. The van der Waals surface area contributed by atoms with E-state index in [1.807, 2.05) is 6.92 Å². The smallest absolute Gasteiger partial charge is 0.421 e. The van der Waals surface area contributed by atoms with Crippen molar-refractivity contribution >= 4 is 23.1 Å². The topological polar surface area (TPSA) is 68.3 Å². The second kappa shape index (κ2) is 9.34. The van der Waals surface area contributed by atoms with Gasteiger partial charge in [-0.15, -0.1) is 0 Å². The number of hydrogen-bond acceptors (Lipinski definition) is 6. The number of aromatic nitrogens is 2. The summed E-state index contributed by atoms with van der Waals surface area (Å²) in [6.07, 6.45) is -3.88. The number of ether oxygens (including phenoxy) is 2. The highest BCUT2D eigenvalue weighted by Crippen LogP contribution is 2.37. The summed E-state index contributed by atoms with van der Waals surface area (Å²) in [5.74, 6) is 0.751. The summed E-state index contributed by atoms with van der Waals surface area (Å²) in [6.45, 7) is 4.58. The molecule has 30 heavy (non-hydrogen) atoms. The molecular weight excluding hydrogens is 397 g/mol. The van der Waals surface area contributed by atoms with E-state index in [1.165, 1.54) is 0 Å². The van der Waals surface area contributed by atoms with Gasteiger partial charge in [0.25, 0.3) is 0 Å². The van der Waals surface area contributed by atoms with Crippen LogP contribution < -0.4 is 20.1 Å². The molecule has 0 spiro atoms. The van der Waals surface area contributed by atoms with Crippen LogP contribution in [0.15, 0.2) is 54.7 Å². The molecule has 158 valence electrons. The number of rotatable bonds is 8. The molecule has 0 saturated carbocycles. The Morgan fingerprint density at radius 2 is 1.60 bits per heavy atom. The SMILES string of the molecule is CCOc1ccc(Nc2ncc(C(F)(F)F)c(Nc3ccccc3OCC)n2)cc1. The lowest BCUT2D eigenvalue weighted by Crippen LogP contribution is -2.13. The Labute approximate surface area is 172 Å². The average Bonchev–Trinajstić information content (AvgIpc) is 2.71. The predicted octanol–water partition coefficient (Wildman–Crippen LogP) is 5.78. The summed E-state index contributed by atoms with van der Waals surface area (Å²) >= 11 is 0. The zero-order chi connectivity index (χ0) is 21.6. The fourth-order valence-corrected chi connectivity index (χ4v) is 2.65. The van der Waals surface area contributed by atoms with Crippen LogP contribution >= 0.6 is 0 Å². The highest BCUT2D eigenvalue weighted by Gasteiger charge is 2.35. The van der Waals surface area contributed by atoms with Crippen molar-refractivity contribution in [1.82, 2.24) is 9.97 Å². The predicted molar refractivity (Wildman–Crippen MR) is 109 cm³/mol. The van der Waals surface area contributed by atoms with E-state index >= 15 is 0 Å². The van der Waals surface area contributed by atoms with Crippen molar-refractivity contribution in [3.63, 3.8) is 0 Å². The lowest BCUT2D eigenvalue weighted by atomic mass is 10.2. The van der Waals surface area contributed by atoms with Gasteiger partial charge in [-0.2, -0.15) is 18.2 Å². The molecule has 1 aromatic heterocycles. The number of halogens is 3. The molecule has 9 heteroatoms. The standard InChI is InChI=1S/C21H21F3N4O2/c1-3-29-15-11-9-14(10-12-15)26-20-25-13-16(21(22,23)24)19(28-20)27-17-7-5-6-8-18(17)30-4-2/h5-13H,3-4H2,1-2H3,(H2,25,26,27,28). The Morgan fingerprint density at radius 1 is 0.900 bits per heavy atom. The summed E-state index contributed by atoms with van der Waals surface area (Å²) < 4.78 is 51.3. The van der Waals surface area contributed by atoms with Gasteiger partial charge in [-0.25, -0.2) is 4.98 Å². The van der Waals surface area contributed by atoms with Crippen LogP contribution in [0.5, 0.6) is 11.5 Å². The molecule has 0 unspecified atom stereocenters. The van der Waals surface area contributed by atoms with E-state index < -0.39 is 11.7 Å². The van der Waals surface area contributed by atoms with E-state index in [9.17, 15) is 13.2 Å². The van der Waals surface area contributed by atoms with Crippen molar-refractivity contribution in [2.75, 3.05) is 23.8 Å². The lowest BCUT2D eigenvalue weighted by molar-refractivity contribution is -0.137. The average molecular weight is 418 g/mol. The molecule has 2 aromatic carbocycles. The van der Waals surface area contributed by atoms with Crippen LogP contribution in [-0.4, -0.2) is 23.2 Å². The van der Waals surface area contributed by atoms with E-state index in [0.717, 1.165) is 6.20 Å². The van der Waals surface area contributed by atoms with Gasteiger partial charge in [-0.05, 0) is 50.2 Å². The molecule has 3 aromatic rings. The normalized spacial score (nSPS) is 11.1. The van der Waals surface area contributed by atoms with Gasteiger partial charge in [0, 0.05) is 11.9 Å². The van der Waals surface area contributed by atoms with Crippen molar-refractivity contribution < 1.29 is 22.6 Å². The lowest BCUT2D eigenvalue weighted by Gasteiger charge is -2.16. The van der Waals surface area contributed by atoms with Gasteiger partial charge in [0.2, 0.25) is 5.95 Å². The maximum atomic E-state index is 13.5. The van der Waals surface area contributed by atoms with Crippen LogP contribution in [0.3, 0.4) is 0 Å². The number of nitrogens with zero attached hydrogens (tertiary/aromatic N) is 2. The molecule has 0 radical (unpaired) electrons. The number of para-hydroxylation sites is 2. The van der Waals surface area contributed by atoms with Gasteiger partial charge in [0.15, 0.2) is 0 Å². The van der Waals surface area contributed by atoms with Gasteiger partial charge in [0.05, 0.1) is 18.9 Å². The van der Waals surface area contributed by atoms with E-state index in [-0.39, 0.29) is 11.8 Å². The molecule has 0 fully saturated rings. The molecule has 0 amide bonds. The summed E-state index contributed by atoms with van der Waals surface area (Å²) in [7, 11) is 0. The van der Waals surface area contributed by atoms with Crippen LogP contribution in [0.1, 0.15) is 19.4 Å². The van der Waals surface area contributed by atoms with Gasteiger partial charge in [0.1, 0.15) is 22.9 Å². The first kappa shape index (κ1) is 21.2. The molecule has 0 aliphatic rings. The van der Waals surface area contributed by atoms with E-state index in [0.29, 0.717) is 36.1 Å². The van der Waals surface area contributed by atoms with Crippen molar-refractivity contribution in [2.24, 2.45) is 0 Å². The summed E-state index contributed by atoms with van der Waals surface area (Å²) in [4.78, 5) is 7.87. The quantitative estimate of drug-likeness (QED) is 0.483. The molecule has 1 heterocycles. The van der Waals surface area contributed by atoms with Gasteiger partial charge >= 0.3 is 6.18 Å². The largest absolute Gasteiger partial charge is 0.494 e. The zero-order valence-electron chi connectivity index (χ0n) is 16.5. The third-order valence-electron chi connectivity index (χ3n) is 3.96. The number of alkyl halides is 3. The third-order valence-corrected chi connectivity index (χ3v) is 3.96. The van der Waals surface area contributed by atoms with Crippen LogP contribution in [0.2, 0.25) is 0 Å². The van der Waals surface area contributed by atoms with E-state index in [4.69, 9.17) is 9.47 Å². The zero-order valence-corrected chi connectivity index (χ0v) is 16.5. The van der Waals surface area contributed by atoms with Gasteiger partial charge in [-0.1, -0.05) is 12.1 Å². The Balaban J connectivity index is 1.91. The molecule has 0 aliphatic carbocycles. The van der Waals surface area contributed by atoms with Crippen LogP contribution in [0, 0.1) is 0 Å². The number of benzene rings is 2. The fourth-order valence-electron chi connectivity index (χ4n) is 2.65. The molecule has 0 saturated heterocycles. The minimum atomic E-state index is -4.62. The Kier molecular flexibility index (Phi) is 6.61. The minimum Gasteiger partial charge on any atom is -0.494 e. The Hall–Kier alpha value is -3.49. The molecular formula is C21H21F3N4O2. The molecule has 2 N–H and O–H groups in total. The first-order valence-electron chi connectivity index (χ1n) is 9.33. The molecule has 6 nitrogen and oxygen atoms in total. The first-order chi connectivity index (χ1) is 14.4. The number of nitrogens with one attached hydrogen (secondary N) is 2. The summed E-state index contributed by atoms with van der Waals surface area (Å²) in [6, 6.07) is 13.7. The van der Waals surface area contributed by atoms with Gasteiger partial charge in [-0.3, -0.25) is 0 Å². The maximum absolute atomic E-state index is 13.5. The molecule has 0 bridgehead atoms. The fraction of sp³-hybridized carbons (Fsp3) is 0.238. The van der Waals surface area contributed by atoms with Gasteiger partial charge < -0.3 is 20.1 Å². The van der Waals surface area contributed by atoms with E-state index in [1.54, 1.807) is 55.5 Å². The van der Waals surface area contributed by atoms with Crippen LogP contribution in [0.25, 0.3) is 0 Å². The number of hydrogen-bond donors (Lipinski definition) is 2. The second-order valence-corrected chi connectivity index (χ2v) is 6.09. The van der Waals surface area contributed by atoms with Crippen LogP contribution in [0.4, 0.5) is 36.3 Å². The second-order valence-electron chi connectivity index (χ2n) is 6.09. The molecule has 0 aliphatic heterocycles. The monoisotopic (exact) mass is 418 g/mol. The summed E-state index contributed by atoms with van der Waals surface area (Å²) in [5, 5.41) is 5.63. The maximum Gasteiger partial charge on any atom is 0.421 e. The molecule has 0 atom stereocenters. The van der Waals surface area contributed by atoms with Crippen molar-refractivity contribution in [3.05, 3.63) is 60.3 Å².